The fourth-order valence-corrected chi connectivity index (χ4v) is 4.88. The van der Waals surface area contributed by atoms with Crippen LogP contribution in [-0.2, 0) is 20.7 Å². The molecule has 1 aromatic heterocycles. The molecular formula is C23H25F3N2O5S. The SMILES string of the molecule is CCc1cc(C(=O)c2ccc(OC(F)(F)F)cc2)c(NC(=O)CN2[C@H](C)CC[C@@H]2C(=O)OC)s1. The van der Waals surface area contributed by atoms with Gasteiger partial charge < -0.3 is 14.8 Å². The van der Waals surface area contributed by atoms with Gasteiger partial charge in [0.15, 0.2) is 5.78 Å². The summed E-state index contributed by atoms with van der Waals surface area (Å²) in [4.78, 5) is 40.6. The molecule has 0 aliphatic carbocycles. The molecule has 0 spiro atoms. The Bertz CT molecular complexity index is 1050. The highest BCUT2D eigenvalue weighted by atomic mass is 32.1. The number of ketones is 1. The molecule has 0 saturated carbocycles. The van der Waals surface area contributed by atoms with E-state index in [4.69, 9.17) is 4.74 Å². The summed E-state index contributed by atoms with van der Waals surface area (Å²) in [6.07, 6.45) is -2.85. The number of thiophene rings is 1. The van der Waals surface area contributed by atoms with Gasteiger partial charge in [0.25, 0.3) is 0 Å². The maximum absolute atomic E-state index is 13.1. The van der Waals surface area contributed by atoms with Crippen molar-refractivity contribution in [2.24, 2.45) is 0 Å². The average Bonchev–Trinajstić information content (AvgIpc) is 3.35. The number of likely N-dealkylation sites (tertiary alicyclic amines) is 1. The molecule has 2 aromatic rings. The van der Waals surface area contributed by atoms with Gasteiger partial charge in [-0.25, -0.2) is 0 Å². The van der Waals surface area contributed by atoms with Crippen LogP contribution in [0.2, 0.25) is 0 Å². The minimum Gasteiger partial charge on any atom is -0.468 e. The summed E-state index contributed by atoms with van der Waals surface area (Å²) in [7, 11) is 1.31. The number of esters is 1. The van der Waals surface area contributed by atoms with Crippen LogP contribution in [0.5, 0.6) is 5.75 Å². The van der Waals surface area contributed by atoms with Crippen LogP contribution in [0.15, 0.2) is 30.3 Å². The summed E-state index contributed by atoms with van der Waals surface area (Å²) in [6.45, 7) is 3.79. The Hall–Kier alpha value is -2.92. The smallest absolute Gasteiger partial charge is 0.468 e. The Labute approximate surface area is 198 Å². The molecule has 34 heavy (non-hydrogen) atoms. The van der Waals surface area contributed by atoms with Gasteiger partial charge in [-0.15, -0.1) is 24.5 Å². The quantitative estimate of drug-likeness (QED) is 0.429. The van der Waals surface area contributed by atoms with Crippen LogP contribution in [0.3, 0.4) is 0 Å². The highest BCUT2D eigenvalue weighted by Gasteiger charge is 2.37. The molecule has 184 valence electrons. The minimum atomic E-state index is -4.83. The van der Waals surface area contributed by atoms with E-state index in [0.29, 0.717) is 17.8 Å². The number of carbonyl (C=O) groups is 3. The van der Waals surface area contributed by atoms with E-state index >= 15 is 0 Å². The van der Waals surface area contributed by atoms with Crippen molar-refractivity contribution in [3.8, 4) is 5.75 Å². The molecule has 1 N–H and O–H groups in total. The van der Waals surface area contributed by atoms with E-state index in [1.165, 1.54) is 30.6 Å². The number of hydrogen-bond donors (Lipinski definition) is 1. The monoisotopic (exact) mass is 498 g/mol. The van der Waals surface area contributed by atoms with Gasteiger partial charge in [0.1, 0.15) is 16.8 Å². The molecule has 1 aliphatic rings. The summed E-state index contributed by atoms with van der Waals surface area (Å²) in [5.41, 5.74) is 0.406. The highest BCUT2D eigenvalue weighted by Crippen LogP contribution is 2.32. The number of amides is 1. The largest absolute Gasteiger partial charge is 0.573 e. The molecule has 1 aliphatic heterocycles. The van der Waals surface area contributed by atoms with E-state index < -0.39 is 29.9 Å². The fraction of sp³-hybridized carbons (Fsp3) is 0.435. The van der Waals surface area contributed by atoms with E-state index in [9.17, 15) is 27.6 Å². The number of aryl methyl sites for hydroxylation is 1. The number of nitrogens with one attached hydrogen (secondary N) is 1. The van der Waals surface area contributed by atoms with Gasteiger partial charge >= 0.3 is 12.3 Å². The molecule has 0 bridgehead atoms. The Balaban J connectivity index is 1.76. The number of benzene rings is 1. The maximum atomic E-state index is 13.1. The molecule has 3 rings (SSSR count). The van der Waals surface area contributed by atoms with E-state index in [1.54, 1.807) is 11.0 Å². The second-order valence-electron chi connectivity index (χ2n) is 7.90. The third-order valence-corrected chi connectivity index (χ3v) is 6.80. The summed E-state index contributed by atoms with van der Waals surface area (Å²) in [5, 5.41) is 3.13. The van der Waals surface area contributed by atoms with Crippen LogP contribution >= 0.6 is 11.3 Å². The average molecular weight is 499 g/mol. The molecular weight excluding hydrogens is 473 g/mol. The summed E-state index contributed by atoms with van der Waals surface area (Å²) in [6, 6.07) is 5.79. The summed E-state index contributed by atoms with van der Waals surface area (Å²) < 4.78 is 45.8. The first-order valence-electron chi connectivity index (χ1n) is 10.7. The van der Waals surface area contributed by atoms with Crippen molar-refractivity contribution in [3.63, 3.8) is 0 Å². The number of hydrogen-bond acceptors (Lipinski definition) is 7. The number of alkyl halides is 3. The predicted octanol–water partition coefficient (Wildman–Crippen LogP) is 4.40. The van der Waals surface area contributed by atoms with E-state index in [0.717, 1.165) is 23.4 Å². The number of methoxy groups -OCH3 is 1. The van der Waals surface area contributed by atoms with Crippen molar-refractivity contribution < 1.29 is 37.0 Å². The van der Waals surface area contributed by atoms with Crippen molar-refractivity contribution in [2.75, 3.05) is 19.0 Å². The normalized spacial score (nSPS) is 18.5. The first-order chi connectivity index (χ1) is 16.0. The summed E-state index contributed by atoms with van der Waals surface area (Å²) >= 11 is 1.26. The molecule has 1 amide bonds. The van der Waals surface area contributed by atoms with Crippen LogP contribution < -0.4 is 10.1 Å². The lowest BCUT2D eigenvalue weighted by Gasteiger charge is -2.25. The van der Waals surface area contributed by atoms with E-state index in [-0.39, 0.29) is 29.6 Å². The number of anilines is 1. The highest BCUT2D eigenvalue weighted by molar-refractivity contribution is 7.16. The van der Waals surface area contributed by atoms with Gasteiger partial charge in [-0.2, -0.15) is 0 Å². The zero-order chi connectivity index (χ0) is 25.0. The topological polar surface area (TPSA) is 84.9 Å². The predicted molar refractivity (Wildman–Crippen MR) is 120 cm³/mol. The molecule has 1 aromatic carbocycles. The second kappa shape index (κ2) is 10.6. The van der Waals surface area contributed by atoms with Crippen molar-refractivity contribution in [1.29, 1.82) is 0 Å². The van der Waals surface area contributed by atoms with E-state index in [1.807, 2.05) is 13.8 Å². The number of halogens is 3. The van der Waals surface area contributed by atoms with Gasteiger partial charge in [0, 0.05) is 16.5 Å². The van der Waals surface area contributed by atoms with Crippen molar-refractivity contribution in [1.82, 2.24) is 4.90 Å². The third-order valence-electron chi connectivity index (χ3n) is 5.60. The first-order valence-corrected chi connectivity index (χ1v) is 11.5. The molecule has 2 heterocycles. The molecule has 0 unspecified atom stereocenters. The molecule has 1 fully saturated rings. The number of nitrogens with zero attached hydrogens (tertiary/aromatic N) is 1. The Kier molecular flexibility index (Phi) is 7.98. The minimum absolute atomic E-state index is 0.0166. The lowest BCUT2D eigenvalue weighted by Crippen LogP contribution is -2.44. The zero-order valence-corrected chi connectivity index (χ0v) is 19.7. The standard InChI is InChI=1S/C23H25F3N2O5S/c1-4-16-11-17(20(30)14-6-8-15(9-7-14)33-23(24,25)26)21(34-16)27-19(29)12-28-13(2)5-10-18(28)22(31)32-3/h6-9,11,13,18H,4-5,10,12H2,1-3H3,(H,27,29)/t13-,18-/m1/s1. The Morgan fingerprint density at radius 2 is 1.85 bits per heavy atom. The molecule has 11 heteroatoms. The Morgan fingerprint density at radius 1 is 1.18 bits per heavy atom. The van der Waals surface area contributed by atoms with Crippen molar-refractivity contribution in [3.05, 3.63) is 46.3 Å². The van der Waals surface area contributed by atoms with Gasteiger partial charge in [-0.3, -0.25) is 19.3 Å². The molecule has 0 radical (unpaired) electrons. The molecule has 1 saturated heterocycles. The van der Waals surface area contributed by atoms with Gasteiger partial charge in [-0.05, 0) is 56.5 Å². The van der Waals surface area contributed by atoms with Crippen LogP contribution in [0, 0.1) is 0 Å². The molecule has 2 atom stereocenters. The molecule has 7 nitrogen and oxygen atoms in total. The first kappa shape index (κ1) is 25.7. The third kappa shape index (κ3) is 6.15. The maximum Gasteiger partial charge on any atom is 0.573 e. The van der Waals surface area contributed by atoms with Gasteiger partial charge in [-0.1, -0.05) is 6.92 Å². The van der Waals surface area contributed by atoms with Gasteiger partial charge in [0.05, 0.1) is 19.2 Å². The number of ether oxygens (including phenoxy) is 2. The van der Waals surface area contributed by atoms with Crippen LogP contribution in [0.4, 0.5) is 18.2 Å². The van der Waals surface area contributed by atoms with Crippen molar-refractivity contribution >= 4 is 34.0 Å². The number of rotatable bonds is 8. The lowest BCUT2D eigenvalue weighted by atomic mass is 10.0. The van der Waals surface area contributed by atoms with Crippen molar-refractivity contribution in [2.45, 2.75) is 51.6 Å². The Morgan fingerprint density at radius 3 is 2.44 bits per heavy atom. The lowest BCUT2D eigenvalue weighted by molar-refractivity contribution is -0.274. The summed E-state index contributed by atoms with van der Waals surface area (Å²) in [5.74, 6) is -1.64. The van der Waals surface area contributed by atoms with Gasteiger partial charge in [0.2, 0.25) is 5.91 Å². The van der Waals surface area contributed by atoms with Crippen LogP contribution in [0.1, 0.15) is 47.5 Å². The van der Waals surface area contributed by atoms with E-state index in [2.05, 4.69) is 10.1 Å². The number of carbonyl (C=O) groups excluding carboxylic acids is 3. The fourth-order valence-electron chi connectivity index (χ4n) is 3.87. The van der Waals surface area contributed by atoms with Crippen LogP contribution in [0.25, 0.3) is 0 Å². The zero-order valence-electron chi connectivity index (χ0n) is 18.9. The van der Waals surface area contributed by atoms with Crippen LogP contribution in [-0.4, -0.2) is 54.7 Å². The second-order valence-corrected chi connectivity index (χ2v) is 9.03.